The molecule has 84 valence electrons. The molecule has 1 amide bonds. The van der Waals surface area contributed by atoms with Crippen LogP contribution in [-0.2, 0) is 0 Å². The first-order valence-electron chi connectivity index (χ1n) is 4.93. The van der Waals surface area contributed by atoms with E-state index in [-0.39, 0.29) is 5.91 Å². The van der Waals surface area contributed by atoms with E-state index in [9.17, 15) is 4.79 Å². The molecule has 2 rings (SSSR count). The lowest BCUT2D eigenvalue weighted by atomic mass is 10.2. The Balaban J connectivity index is 2.26. The molecule has 0 spiro atoms. The topological polar surface area (TPSA) is 65.8 Å². The van der Waals surface area contributed by atoms with Crippen molar-refractivity contribution < 1.29 is 4.79 Å². The molecule has 1 N–H and O–H groups in total. The maximum atomic E-state index is 11.9. The average molecular weight is 243 g/mol. The highest BCUT2D eigenvalue weighted by molar-refractivity contribution is 7.09. The van der Waals surface area contributed by atoms with Gasteiger partial charge in [-0.25, -0.2) is 4.98 Å². The molecule has 1 heterocycles. The molecule has 0 radical (unpaired) electrons. The lowest BCUT2D eigenvalue weighted by Crippen LogP contribution is -2.14. The molecule has 0 saturated heterocycles. The van der Waals surface area contributed by atoms with Gasteiger partial charge >= 0.3 is 0 Å². The molecule has 0 saturated carbocycles. The lowest BCUT2D eigenvalue weighted by molar-refractivity contribution is 0.102. The monoisotopic (exact) mass is 243 g/mol. The number of aryl methyl sites for hydroxylation is 1. The Morgan fingerprint density at radius 2 is 2.24 bits per heavy atom. The number of benzene rings is 1. The van der Waals surface area contributed by atoms with Crippen molar-refractivity contribution in [1.82, 2.24) is 4.98 Å². The third-order valence-corrected chi connectivity index (χ3v) is 3.01. The van der Waals surface area contributed by atoms with Gasteiger partial charge in [-0.2, -0.15) is 5.26 Å². The van der Waals surface area contributed by atoms with Gasteiger partial charge in [0.2, 0.25) is 0 Å². The fourth-order valence-electron chi connectivity index (χ4n) is 1.39. The van der Waals surface area contributed by atoms with Crippen LogP contribution < -0.4 is 5.32 Å². The molecular formula is C12H9N3OS. The van der Waals surface area contributed by atoms with E-state index in [1.807, 2.05) is 13.0 Å². The van der Waals surface area contributed by atoms with Crippen molar-refractivity contribution in [3.63, 3.8) is 0 Å². The normalized spacial score (nSPS) is 9.65. The van der Waals surface area contributed by atoms with E-state index in [1.54, 1.807) is 29.8 Å². The molecule has 0 atom stereocenters. The predicted molar refractivity (Wildman–Crippen MR) is 66.0 cm³/mol. The van der Waals surface area contributed by atoms with Crippen LogP contribution in [0.25, 0.3) is 0 Å². The maximum Gasteiger partial charge on any atom is 0.275 e. The lowest BCUT2D eigenvalue weighted by Gasteiger charge is -2.05. The van der Waals surface area contributed by atoms with Crippen LogP contribution in [-0.4, -0.2) is 10.9 Å². The van der Waals surface area contributed by atoms with Crippen LogP contribution in [0.4, 0.5) is 5.69 Å². The molecule has 0 aliphatic heterocycles. The SMILES string of the molecule is Cc1scnc1C(=O)Nc1ccccc1C#N. The molecule has 17 heavy (non-hydrogen) atoms. The minimum atomic E-state index is -0.286. The number of carbonyl (C=O) groups is 1. The summed E-state index contributed by atoms with van der Waals surface area (Å²) in [5, 5.41) is 11.6. The van der Waals surface area contributed by atoms with Crippen molar-refractivity contribution in [2.75, 3.05) is 5.32 Å². The Hall–Kier alpha value is -2.19. The van der Waals surface area contributed by atoms with Crippen molar-refractivity contribution in [2.45, 2.75) is 6.92 Å². The van der Waals surface area contributed by atoms with Crippen molar-refractivity contribution >= 4 is 22.9 Å². The Morgan fingerprint density at radius 1 is 1.47 bits per heavy atom. The number of nitrogens with one attached hydrogen (secondary N) is 1. The zero-order valence-corrected chi connectivity index (χ0v) is 9.91. The summed E-state index contributed by atoms with van der Waals surface area (Å²) in [6, 6.07) is 8.90. The third-order valence-electron chi connectivity index (χ3n) is 2.26. The minimum Gasteiger partial charge on any atom is -0.319 e. The first-order chi connectivity index (χ1) is 8.22. The minimum absolute atomic E-state index is 0.286. The number of nitrogens with zero attached hydrogens (tertiary/aromatic N) is 2. The maximum absolute atomic E-state index is 11.9. The van der Waals surface area contributed by atoms with Crippen LogP contribution in [0.3, 0.4) is 0 Å². The molecule has 0 aliphatic carbocycles. The molecule has 0 unspecified atom stereocenters. The Morgan fingerprint density at radius 3 is 2.88 bits per heavy atom. The van der Waals surface area contributed by atoms with Crippen LogP contribution >= 0.6 is 11.3 Å². The number of nitriles is 1. The van der Waals surface area contributed by atoms with Crippen molar-refractivity contribution in [3.05, 3.63) is 45.9 Å². The van der Waals surface area contributed by atoms with Crippen molar-refractivity contribution in [3.8, 4) is 6.07 Å². The predicted octanol–water partition coefficient (Wildman–Crippen LogP) is 2.58. The average Bonchev–Trinajstić information content (AvgIpc) is 2.76. The Bertz CT molecular complexity index is 598. The second kappa shape index (κ2) is 4.76. The van der Waals surface area contributed by atoms with Crippen LogP contribution in [0.15, 0.2) is 29.8 Å². The van der Waals surface area contributed by atoms with Crippen LogP contribution in [0, 0.1) is 18.3 Å². The molecule has 4 nitrogen and oxygen atoms in total. The van der Waals surface area contributed by atoms with Crippen LogP contribution in [0.5, 0.6) is 0 Å². The van der Waals surface area contributed by atoms with Crippen molar-refractivity contribution in [1.29, 1.82) is 5.26 Å². The second-order valence-corrected chi connectivity index (χ2v) is 4.43. The van der Waals surface area contributed by atoms with Crippen LogP contribution in [0.1, 0.15) is 20.9 Å². The molecule has 1 aromatic heterocycles. The highest BCUT2D eigenvalue weighted by atomic mass is 32.1. The fourth-order valence-corrected chi connectivity index (χ4v) is 1.97. The molecule has 5 heteroatoms. The number of hydrogen-bond donors (Lipinski definition) is 1. The van der Waals surface area contributed by atoms with Crippen molar-refractivity contribution in [2.24, 2.45) is 0 Å². The summed E-state index contributed by atoms with van der Waals surface area (Å²) in [5.41, 5.74) is 2.98. The van der Waals surface area contributed by atoms with E-state index in [2.05, 4.69) is 10.3 Å². The molecule has 0 bridgehead atoms. The molecule has 1 aromatic carbocycles. The standard InChI is InChI=1S/C12H9N3OS/c1-8-11(14-7-17-8)12(16)15-10-5-3-2-4-9(10)6-13/h2-5,7H,1H3,(H,15,16). The first kappa shape index (κ1) is 11.3. The highest BCUT2D eigenvalue weighted by Crippen LogP contribution is 2.17. The number of thiazole rings is 1. The zero-order valence-electron chi connectivity index (χ0n) is 9.10. The fraction of sp³-hybridized carbons (Fsp3) is 0.0833. The number of aromatic nitrogens is 1. The zero-order chi connectivity index (χ0) is 12.3. The summed E-state index contributed by atoms with van der Waals surface area (Å²) in [6.45, 7) is 1.84. The highest BCUT2D eigenvalue weighted by Gasteiger charge is 2.13. The van der Waals surface area contributed by atoms with Gasteiger partial charge in [0.05, 0.1) is 16.8 Å². The van der Waals surface area contributed by atoms with Gasteiger partial charge < -0.3 is 5.32 Å². The van der Waals surface area contributed by atoms with E-state index in [1.165, 1.54) is 11.3 Å². The molecule has 2 aromatic rings. The number of carbonyl (C=O) groups excluding carboxylic acids is 1. The summed E-state index contributed by atoms with van der Waals surface area (Å²) >= 11 is 1.42. The van der Waals surface area contributed by atoms with Crippen LogP contribution in [0.2, 0.25) is 0 Å². The van der Waals surface area contributed by atoms with Gasteiger partial charge in [-0.3, -0.25) is 4.79 Å². The van der Waals surface area contributed by atoms with Gasteiger partial charge in [0.15, 0.2) is 0 Å². The quantitative estimate of drug-likeness (QED) is 0.881. The van der Waals surface area contributed by atoms with Gasteiger partial charge in [-0.05, 0) is 19.1 Å². The third kappa shape index (κ3) is 2.32. The number of para-hydroxylation sites is 1. The largest absolute Gasteiger partial charge is 0.319 e. The van der Waals surface area contributed by atoms with E-state index in [0.717, 1.165) is 4.88 Å². The van der Waals surface area contributed by atoms with Gasteiger partial charge in [0, 0.05) is 4.88 Å². The molecule has 0 aliphatic rings. The van der Waals surface area contributed by atoms with E-state index >= 15 is 0 Å². The summed E-state index contributed by atoms with van der Waals surface area (Å²) in [4.78, 5) is 16.7. The van der Waals surface area contributed by atoms with Gasteiger partial charge in [0.1, 0.15) is 11.8 Å². The summed E-state index contributed by atoms with van der Waals surface area (Å²) < 4.78 is 0. The summed E-state index contributed by atoms with van der Waals surface area (Å²) in [5.74, 6) is -0.286. The molecular weight excluding hydrogens is 234 g/mol. The number of hydrogen-bond acceptors (Lipinski definition) is 4. The molecule has 0 fully saturated rings. The smallest absolute Gasteiger partial charge is 0.275 e. The van der Waals surface area contributed by atoms with Gasteiger partial charge in [-0.1, -0.05) is 12.1 Å². The Labute approximate surface area is 103 Å². The number of rotatable bonds is 2. The first-order valence-corrected chi connectivity index (χ1v) is 5.81. The van der Waals surface area contributed by atoms with E-state index < -0.39 is 0 Å². The van der Waals surface area contributed by atoms with E-state index in [4.69, 9.17) is 5.26 Å². The number of amides is 1. The summed E-state index contributed by atoms with van der Waals surface area (Å²) in [6.07, 6.45) is 0. The van der Waals surface area contributed by atoms with Gasteiger partial charge in [-0.15, -0.1) is 11.3 Å². The second-order valence-electron chi connectivity index (χ2n) is 3.37. The Kier molecular flexibility index (Phi) is 3.17. The summed E-state index contributed by atoms with van der Waals surface area (Å²) in [7, 11) is 0. The number of anilines is 1. The van der Waals surface area contributed by atoms with Gasteiger partial charge in [0.25, 0.3) is 5.91 Å². The van der Waals surface area contributed by atoms with E-state index in [0.29, 0.717) is 16.9 Å².